The summed E-state index contributed by atoms with van der Waals surface area (Å²) in [6.45, 7) is 3.59. The van der Waals surface area contributed by atoms with E-state index in [1.165, 1.54) is 12.1 Å². The number of fused-ring (bicyclic) bond motifs is 1. The Labute approximate surface area is 241 Å². The number of hydrogen-bond donors (Lipinski definition) is 2. The fourth-order valence-corrected chi connectivity index (χ4v) is 5.45. The number of benzene rings is 3. The Morgan fingerprint density at radius 1 is 1.12 bits per heavy atom. The molecule has 1 atom stereocenters. The molecular formula is C31H29ClF2N4O3. The van der Waals surface area contributed by atoms with Crippen molar-refractivity contribution in [3.63, 3.8) is 0 Å². The average Bonchev–Trinajstić information content (AvgIpc) is 3.27. The Morgan fingerprint density at radius 2 is 1.98 bits per heavy atom. The number of ether oxygens (including phenoxy) is 1. The minimum atomic E-state index is -0.967. The van der Waals surface area contributed by atoms with Crippen molar-refractivity contribution in [2.75, 3.05) is 25.0 Å². The molecule has 0 spiro atoms. The van der Waals surface area contributed by atoms with Gasteiger partial charge in [0.25, 0.3) is 0 Å². The van der Waals surface area contributed by atoms with E-state index in [-0.39, 0.29) is 18.2 Å². The summed E-state index contributed by atoms with van der Waals surface area (Å²) in [7, 11) is 0. The number of aromatic carboxylic acids is 1. The van der Waals surface area contributed by atoms with Gasteiger partial charge in [-0.25, -0.2) is 18.6 Å². The maximum absolute atomic E-state index is 14.6. The molecule has 10 heteroatoms. The number of carboxylic acids is 1. The van der Waals surface area contributed by atoms with Crippen LogP contribution in [-0.4, -0.2) is 51.3 Å². The second kappa shape index (κ2) is 11.6. The standard InChI is InChI=1S/C31H29ClF2N4O3/c32-23-4-1-22(26(34)15-23)16-35-28-13-20(2-5-25(28)33)19-7-10-37(11-8-19)18-30-36-27-6-3-21(31(39)40)14-29(27)38(30)17-24-9-12-41-24/h1-7,13-15,24,35H,8-12,16-18H2,(H,39,40). The molecule has 41 heavy (non-hydrogen) atoms. The van der Waals surface area contributed by atoms with E-state index < -0.39 is 17.6 Å². The summed E-state index contributed by atoms with van der Waals surface area (Å²) in [5, 5.41) is 12.8. The van der Waals surface area contributed by atoms with Gasteiger partial charge in [0.2, 0.25) is 0 Å². The molecule has 2 aliphatic rings. The quantitative estimate of drug-likeness (QED) is 0.241. The largest absolute Gasteiger partial charge is 0.478 e. The number of rotatable bonds is 9. The van der Waals surface area contributed by atoms with Crippen LogP contribution in [0.15, 0.2) is 60.7 Å². The first-order valence-electron chi connectivity index (χ1n) is 13.6. The predicted octanol–water partition coefficient (Wildman–Crippen LogP) is 6.36. The summed E-state index contributed by atoms with van der Waals surface area (Å²) in [5.41, 5.74) is 4.55. The summed E-state index contributed by atoms with van der Waals surface area (Å²) >= 11 is 5.83. The van der Waals surface area contributed by atoms with Gasteiger partial charge in [-0.3, -0.25) is 4.90 Å². The maximum Gasteiger partial charge on any atom is 0.335 e. The third-order valence-electron chi connectivity index (χ3n) is 7.73. The molecule has 1 unspecified atom stereocenters. The van der Waals surface area contributed by atoms with E-state index in [0.717, 1.165) is 54.0 Å². The minimum Gasteiger partial charge on any atom is -0.478 e. The molecule has 1 aromatic heterocycles. The van der Waals surface area contributed by atoms with Gasteiger partial charge in [-0.2, -0.15) is 0 Å². The van der Waals surface area contributed by atoms with Crippen molar-refractivity contribution in [3.05, 3.63) is 99.8 Å². The van der Waals surface area contributed by atoms with Gasteiger partial charge in [0.1, 0.15) is 17.5 Å². The lowest BCUT2D eigenvalue weighted by molar-refractivity contribution is -0.0591. The molecule has 0 saturated carbocycles. The Balaban J connectivity index is 1.17. The lowest BCUT2D eigenvalue weighted by Gasteiger charge is -2.29. The summed E-state index contributed by atoms with van der Waals surface area (Å²) in [5.74, 6) is -0.932. The van der Waals surface area contributed by atoms with Crippen LogP contribution < -0.4 is 5.32 Å². The van der Waals surface area contributed by atoms with Crippen LogP contribution in [-0.2, 0) is 24.4 Å². The van der Waals surface area contributed by atoms with Gasteiger partial charge in [-0.1, -0.05) is 29.8 Å². The van der Waals surface area contributed by atoms with Crippen LogP contribution in [0.1, 0.15) is 40.2 Å². The van der Waals surface area contributed by atoms with Crippen molar-refractivity contribution >= 4 is 39.9 Å². The number of halogens is 3. The fourth-order valence-electron chi connectivity index (χ4n) is 5.30. The van der Waals surface area contributed by atoms with Gasteiger partial charge in [0.15, 0.2) is 0 Å². The summed E-state index contributed by atoms with van der Waals surface area (Å²) in [4.78, 5) is 18.7. The summed E-state index contributed by atoms with van der Waals surface area (Å²) in [6, 6.07) is 14.4. The van der Waals surface area contributed by atoms with Crippen molar-refractivity contribution in [3.8, 4) is 0 Å². The first kappa shape index (κ1) is 27.4. The molecule has 6 rings (SSSR count). The molecule has 3 heterocycles. The summed E-state index contributed by atoms with van der Waals surface area (Å²) < 4.78 is 36.5. The molecule has 2 aliphatic heterocycles. The third kappa shape index (κ3) is 5.98. The smallest absolute Gasteiger partial charge is 0.335 e. The zero-order valence-electron chi connectivity index (χ0n) is 22.2. The average molecular weight is 579 g/mol. The van der Waals surface area contributed by atoms with E-state index in [9.17, 15) is 18.7 Å². The summed E-state index contributed by atoms with van der Waals surface area (Å²) in [6.07, 6.45) is 3.98. The number of anilines is 1. The zero-order valence-corrected chi connectivity index (χ0v) is 23.0. The number of hydrogen-bond acceptors (Lipinski definition) is 5. The lowest BCUT2D eigenvalue weighted by Crippen LogP contribution is -2.33. The number of imidazole rings is 1. The second-order valence-electron chi connectivity index (χ2n) is 10.4. The highest BCUT2D eigenvalue weighted by atomic mass is 35.5. The van der Waals surface area contributed by atoms with E-state index in [1.807, 2.05) is 0 Å². The van der Waals surface area contributed by atoms with E-state index in [2.05, 4.69) is 20.9 Å². The minimum absolute atomic E-state index is 0.102. The molecule has 1 saturated heterocycles. The van der Waals surface area contributed by atoms with Crippen LogP contribution in [0.25, 0.3) is 16.6 Å². The highest BCUT2D eigenvalue weighted by molar-refractivity contribution is 6.30. The van der Waals surface area contributed by atoms with Crippen LogP contribution >= 0.6 is 11.6 Å². The van der Waals surface area contributed by atoms with Crippen molar-refractivity contribution in [2.45, 2.75) is 38.6 Å². The molecular weight excluding hydrogens is 550 g/mol. The van der Waals surface area contributed by atoms with Crippen molar-refractivity contribution < 1.29 is 23.4 Å². The predicted molar refractivity (Wildman–Crippen MR) is 154 cm³/mol. The number of nitrogens with one attached hydrogen (secondary N) is 1. The van der Waals surface area contributed by atoms with Crippen molar-refractivity contribution in [2.24, 2.45) is 0 Å². The molecule has 4 aromatic rings. The molecule has 0 amide bonds. The molecule has 1 fully saturated rings. The molecule has 212 valence electrons. The van der Waals surface area contributed by atoms with Crippen LogP contribution in [0.5, 0.6) is 0 Å². The van der Waals surface area contributed by atoms with E-state index in [1.54, 1.807) is 42.5 Å². The molecule has 3 aromatic carbocycles. The van der Waals surface area contributed by atoms with Gasteiger partial charge in [0, 0.05) is 36.8 Å². The topological polar surface area (TPSA) is 79.6 Å². The Kier molecular flexibility index (Phi) is 7.75. The van der Waals surface area contributed by atoms with Crippen LogP contribution in [0, 0.1) is 11.6 Å². The monoisotopic (exact) mass is 578 g/mol. The van der Waals surface area contributed by atoms with Crippen LogP contribution in [0.2, 0.25) is 5.02 Å². The molecule has 0 aliphatic carbocycles. The highest BCUT2D eigenvalue weighted by Crippen LogP contribution is 2.29. The second-order valence-corrected chi connectivity index (χ2v) is 10.9. The first-order chi connectivity index (χ1) is 19.8. The number of carbonyl (C=O) groups is 1. The van der Waals surface area contributed by atoms with Crippen molar-refractivity contribution in [1.82, 2.24) is 14.5 Å². The van der Waals surface area contributed by atoms with Crippen molar-refractivity contribution in [1.29, 1.82) is 0 Å². The Morgan fingerprint density at radius 3 is 2.68 bits per heavy atom. The number of nitrogens with zero attached hydrogens (tertiary/aromatic N) is 3. The third-order valence-corrected chi connectivity index (χ3v) is 7.97. The Hall–Kier alpha value is -3.79. The van der Waals surface area contributed by atoms with Gasteiger partial charge >= 0.3 is 5.97 Å². The Bertz CT molecular complexity index is 1650. The zero-order chi connectivity index (χ0) is 28.5. The van der Waals surface area contributed by atoms with Gasteiger partial charge < -0.3 is 19.7 Å². The number of aromatic nitrogens is 2. The first-order valence-corrected chi connectivity index (χ1v) is 13.9. The van der Waals surface area contributed by atoms with Gasteiger partial charge in [-0.15, -0.1) is 0 Å². The number of carboxylic acid groups (broad SMARTS) is 1. The van der Waals surface area contributed by atoms with Crippen LogP contribution in [0.3, 0.4) is 0 Å². The van der Waals surface area contributed by atoms with E-state index >= 15 is 0 Å². The van der Waals surface area contributed by atoms with Crippen LogP contribution in [0.4, 0.5) is 14.5 Å². The molecule has 0 bridgehead atoms. The molecule has 7 nitrogen and oxygen atoms in total. The molecule has 2 N–H and O–H groups in total. The lowest BCUT2D eigenvalue weighted by atomic mass is 9.98. The molecule has 0 radical (unpaired) electrons. The fraction of sp³-hybridized carbons (Fsp3) is 0.290. The van der Waals surface area contributed by atoms with Gasteiger partial charge in [-0.05, 0) is 66.4 Å². The highest BCUT2D eigenvalue weighted by Gasteiger charge is 2.24. The normalized spacial score (nSPS) is 17.3. The SMILES string of the molecule is O=C(O)c1ccc2nc(CN3CC=C(c4ccc(F)c(NCc5ccc(Cl)cc5F)c4)CC3)n(CC3CCO3)c2c1. The van der Waals surface area contributed by atoms with E-state index in [4.69, 9.17) is 21.3 Å². The maximum atomic E-state index is 14.6. The van der Waals surface area contributed by atoms with Gasteiger partial charge in [0.05, 0.1) is 41.5 Å². The van der Waals surface area contributed by atoms with E-state index in [0.29, 0.717) is 35.9 Å².